The number of aliphatic hydroxyl groups is 1. The van der Waals surface area contributed by atoms with E-state index >= 15 is 0 Å². The average Bonchev–Trinajstić information content (AvgIpc) is 2.77. The Balaban J connectivity index is 2.65. The van der Waals surface area contributed by atoms with Crippen molar-refractivity contribution < 1.29 is 5.11 Å². The van der Waals surface area contributed by atoms with Crippen LogP contribution in [0.5, 0.6) is 0 Å². The van der Waals surface area contributed by atoms with E-state index < -0.39 is 11.2 Å². The minimum Gasteiger partial charge on any atom is -0.396 e. The summed E-state index contributed by atoms with van der Waals surface area (Å²) < 4.78 is 2.38. The van der Waals surface area contributed by atoms with Crippen LogP contribution in [0, 0.1) is 5.41 Å². The van der Waals surface area contributed by atoms with Gasteiger partial charge in [0, 0.05) is 27.1 Å². The van der Waals surface area contributed by atoms with Crippen LogP contribution in [0.25, 0.3) is 11.2 Å². The number of aliphatic hydroxyl groups excluding tert-OH is 1. The topological polar surface area (TPSA) is 92.9 Å². The smallest absolute Gasteiger partial charge is 0.332 e. The molecule has 2 aromatic rings. The van der Waals surface area contributed by atoms with Gasteiger partial charge in [0.05, 0.1) is 0 Å². The molecule has 2 rings (SSSR count). The summed E-state index contributed by atoms with van der Waals surface area (Å²) in [4.78, 5) is 31.0. The third kappa shape index (κ3) is 2.21. The molecule has 2 N–H and O–H groups in total. The summed E-state index contributed by atoms with van der Waals surface area (Å²) in [6.45, 7) is 3.82. The lowest BCUT2D eigenvalue weighted by Crippen LogP contribution is -2.36. The van der Waals surface area contributed by atoms with Crippen molar-refractivity contribution in [1.82, 2.24) is 19.1 Å². The molecule has 104 valence electrons. The maximum absolute atomic E-state index is 12.0. The largest absolute Gasteiger partial charge is 0.396 e. The number of nitrogens with one attached hydrogen (secondary N) is 1. The van der Waals surface area contributed by atoms with Crippen molar-refractivity contribution in [3.63, 3.8) is 0 Å². The zero-order valence-electron chi connectivity index (χ0n) is 11.5. The second-order valence-electron chi connectivity index (χ2n) is 5.59. The fourth-order valence-corrected chi connectivity index (χ4v) is 1.97. The second-order valence-corrected chi connectivity index (χ2v) is 5.59. The summed E-state index contributed by atoms with van der Waals surface area (Å²) >= 11 is 0. The normalized spacial score (nSPS) is 12.3. The minimum atomic E-state index is -0.406. The highest BCUT2D eigenvalue weighted by Crippen LogP contribution is 2.20. The highest BCUT2D eigenvalue weighted by molar-refractivity contribution is 5.69. The molecule has 0 aliphatic heterocycles. The van der Waals surface area contributed by atoms with Crippen molar-refractivity contribution in [1.29, 1.82) is 0 Å². The van der Waals surface area contributed by atoms with Crippen molar-refractivity contribution in [3.8, 4) is 0 Å². The zero-order valence-corrected chi connectivity index (χ0v) is 11.5. The van der Waals surface area contributed by atoms with Crippen LogP contribution in [0.15, 0.2) is 9.59 Å². The standard InChI is InChI=1S/C12H18N4O3/c1-12(2,6-17)5-7-13-8-9(14-7)15(3)11(19)16(4)10(8)18/h17H,5-6H2,1-4H3,(H,13,14). The molecule has 0 radical (unpaired) electrons. The van der Waals surface area contributed by atoms with Gasteiger partial charge in [0.15, 0.2) is 5.65 Å². The number of fused-ring (bicyclic) bond motifs is 1. The first kappa shape index (κ1) is 13.5. The molecule has 7 heteroatoms. The van der Waals surface area contributed by atoms with Crippen molar-refractivity contribution in [3.05, 3.63) is 26.7 Å². The predicted molar refractivity (Wildman–Crippen MR) is 71.1 cm³/mol. The molecule has 0 spiro atoms. The number of H-pyrrole nitrogens is 1. The molecule has 0 saturated carbocycles. The molecule has 0 aliphatic rings. The molecule has 2 heterocycles. The van der Waals surface area contributed by atoms with E-state index in [0.29, 0.717) is 23.4 Å². The Hall–Kier alpha value is -1.89. The maximum Gasteiger partial charge on any atom is 0.332 e. The summed E-state index contributed by atoms with van der Waals surface area (Å²) in [7, 11) is 3.01. The van der Waals surface area contributed by atoms with Gasteiger partial charge in [-0.3, -0.25) is 13.9 Å². The van der Waals surface area contributed by atoms with Gasteiger partial charge in [-0.2, -0.15) is 0 Å². The molecule has 0 saturated heterocycles. The summed E-state index contributed by atoms with van der Waals surface area (Å²) in [6.07, 6.45) is 0.496. The molecule has 0 bridgehead atoms. The van der Waals surface area contributed by atoms with E-state index in [4.69, 9.17) is 0 Å². The molecular formula is C12H18N4O3. The van der Waals surface area contributed by atoms with Crippen LogP contribution >= 0.6 is 0 Å². The number of rotatable bonds is 3. The van der Waals surface area contributed by atoms with Crippen LogP contribution < -0.4 is 11.2 Å². The van der Waals surface area contributed by atoms with Gasteiger partial charge in [-0.25, -0.2) is 9.78 Å². The molecule has 19 heavy (non-hydrogen) atoms. The average molecular weight is 266 g/mol. The monoisotopic (exact) mass is 266 g/mol. The minimum absolute atomic E-state index is 0.0149. The van der Waals surface area contributed by atoms with Gasteiger partial charge >= 0.3 is 5.69 Å². The van der Waals surface area contributed by atoms with Gasteiger partial charge in [-0.15, -0.1) is 0 Å². The number of hydrogen-bond donors (Lipinski definition) is 2. The quantitative estimate of drug-likeness (QED) is 0.785. The Bertz CT molecular complexity index is 736. The Morgan fingerprint density at radius 1 is 1.26 bits per heavy atom. The van der Waals surface area contributed by atoms with Gasteiger partial charge in [0.1, 0.15) is 11.3 Å². The van der Waals surface area contributed by atoms with Crippen LogP contribution in [0.2, 0.25) is 0 Å². The van der Waals surface area contributed by atoms with Crippen molar-refractivity contribution in [2.75, 3.05) is 6.61 Å². The Morgan fingerprint density at radius 2 is 1.89 bits per heavy atom. The molecule has 0 atom stereocenters. The van der Waals surface area contributed by atoms with Gasteiger partial charge in [0.2, 0.25) is 0 Å². The zero-order chi connectivity index (χ0) is 14.4. The Labute approximate surface area is 109 Å². The molecule has 0 aromatic carbocycles. The summed E-state index contributed by atoms with van der Waals surface area (Å²) in [5.74, 6) is 0.590. The van der Waals surface area contributed by atoms with E-state index in [1.54, 1.807) is 7.05 Å². The van der Waals surface area contributed by atoms with Gasteiger partial charge in [-0.1, -0.05) is 13.8 Å². The molecule has 0 amide bonds. The van der Waals surface area contributed by atoms with E-state index in [1.165, 1.54) is 11.6 Å². The number of aromatic nitrogens is 4. The number of aromatic amines is 1. The summed E-state index contributed by atoms with van der Waals surface area (Å²) in [5.41, 5.74) is -0.473. The number of imidazole rings is 1. The lowest BCUT2D eigenvalue weighted by molar-refractivity contribution is 0.158. The van der Waals surface area contributed by atoms with Crippen molar-refractivity contribution in [2.24, 2.45) is 19.5 Å². The molecule has 0 aliphatic carbocycles. The lowest BCUT2D eigenvalue weighted by Gasteiger charge is -2.19. The van der Waals surface area contributed by atoms with E-state index in [0.717, 1.165) is 4.57 Å². The fraction of sp³-hybridized carbons (Fsp3) is 0.583. The maximum atomic E-state index is 12.0. The summed E-state index contributed by atoms with van der Waals surface area (Å²) in [5, 5.41) is 9.26. The molecular weight excluding hydrogens is 248 g/mol. The third-order valence-corrected chi connectivity index (χ3v) is 3.22. The lowest BCUT2D eigenvalue weighted by atomic mass is 9.90. The van der Waals surface area contributed by atoms with Crippen LogP contribution in [-0.2, 0) is 20.5 Å². The van der Waals surface area contributed by atoms with Crippen LogP contribution in [-0.4, -0.2) is 30.8 Å². The highest BCUT2D eigenvalue weighted by atomic mass is 16.3. The molecule has 7 nitrogen and oxygen atoms in total. The summed E-state index contributed by atoms with van der Waals surface area (Å²) in [6, 6.07) is 0. The first-order valence-electron chi connectivity index (χ1n) is 6.02. The highest BCUT2D eigenvalue weighted by Gasteiger charge is 2.21. The SMILES string of the molecule is Cn1c(=O)c2[nH]c(CC(C)(C)CO)nc2n(C)c1=O. The van der Waals surface area contributed by atoms with Crippen molar-refractivity contribution in [2.45, 2.75) is 20.3 Å². The number of nitrogens with zero attached hydrogens (tertiary/aromatic N) is 3. The third-order valence-electron chi connectivity index (χ3n) is 3.22. The van der Waals surface area contributed by atoms with E-state index in [9.17, 15) is 14.7 Å². The first-order chi connectivity index (χ1) is 8.76. The van der Waals surface area contributed by atoms with Gasteiger partial charge in [0.25, 0.3) is 5.56 Å². The molecule has 2 aromatic heterocycles. The van der Waals surface area contributed by atoms with Gasteiger partial charge in [-0.05, 0) is 5.41 Å². The first-order valence-corrected chi connectivity index (χ1v) is 6.02. The van der Waals surface area contributed by atoms with Crippen LogP contribution in [0.1, 0.15) is 19.7 Å². The Kier molecular flexibility index (Phi) is 3.09. The van der Waals surface area contributed by atoms with E-state index in [2.05, 4.69) is 9.97 Å². The molecule has 0 fully saturated rings. The Morgan fingerprint density at radius 3 is 2.47 bits per heavy atom. The predicted octanol–water partition coefficient (Wildman–Crippen LogP) is -0.479. The van der Waals surface area contributed by atoms with Crippen LogP contribution in [0.3, 0.4) is 0 Å². The van der Waals surface area contributed by atoms with Gasteiger partial charge < -0.3 is 10.1 Å². The second kappa shape index (κ2) is 4.34. The van der Waals surface area contributed by atoms with Crippen LogP contribution in [0.4, 0.5) is 0 Å². The fourth-order valence-electron chi connectivity index (χ4n) is 1.97. The number of aryl methyl sites for hydroxylation is 1. The molecule has 0 unspecified atom stereocenters. The number of hydrogen-bond acceptors (Lipinski definition) is 4. The van der Waals surface area contributed by atoms with E-state index in [-0.39, 0.29) is 12.0 Å². The van der Waals surface area contributed by atoms with E-state index in [1.807, 2.05) is 13.8 Å². The van der Waals surface area contributed by atoms with Crippen molar-refractivity contribution >= 4 is 11.2 Å².